The minimum absolute atomic E-state index is 1.02. The minimum atomic E-state index is 1.02. The highest BCUT2D eigenvalue weighted by Gasteiger charge is 2.05. The Bertz CT molecular complexity index is 519. The van der Waals surface area contributed by atoms with Crippen LogP contribution in [0.4, 0.5) is 0 Å². The van der Waals surface area contributed by atoms with E-state index < -0.39 is 0 Å². The molecule has 0 amide bonds. The summed E-state index contributed by atoms with van der Waals surface area (Å²) in [5.41, 5.74) is 1.10. The van der Waals surface area contributed by atoms with Gasteiger partial charge in [0.25, 0.3) is 0 Å². The Morgan fingerprint density at radius 3 is 2.04 bits per heavy atom. The third-order valence-electron chi connectivity index (χ3n) is 4.37. The average molecular weight is 313 g/mol. The molecule has 0 spiro atoms. The minimum Gasteiger partial charge on any atom is -0.220 e. The number of hydrogen-bond acceptors (Lipinski definition) is 2. The summed E-state index contributed by atoms with van der Waals surface area (Å²) in [4.78, 5) is 4.42. The molecular formula is C20H31N3. The Morgan fingerprint density at radius 2 is 1.39 bits per heavy atom. The van der Waals surface area contributed by atoms with Gasteiger partial charge >= 0.3 is 0 Å². The predicted octanol–water partition coefficient (Wildman–Crippen LogP) is 5.73. The van der Waals surface area contributed by atoms with Crippen LogP contribution in [-0.4, -0.2) is 14.8 Å². The average Bonchev–Trinajstić information content (AvgIpc) is 3.06. The second kappa shape index (κ2) is 11.0. The molecule has 0 N–H and O–H groups in total. The number of hydrogen-bond donors (Lipinski definition) is 0. The standard InChI is InChI=1S/C20H31N3/c1-2-3-4-5-6-7-8-9-10-14-17-20-21-18-22-23(20)19-15-12-11-13-16-19/h11-13,15-16,18H,2-10,14,17H2,1H3. The summed E-state index contributed by atoms with van der Waals surface area (Å²) in [6.07, 6.45) is 16.4. The smallest absolute Gasteiger partial charge is 0.138 e. The van der Waals surface area contributed by atoms with E-state index in [1.165, 1.54) is 64.2 Å². The number of rotatable bonds is 12. The Balaban J connectivity index is 1.58. The first-order chi connectivity index (χ1) is 11.4. The van der Waals surface area contributed by atoms with Crippen molar-refractivity contribution in [2.75, 3.05) is 0 Å². The van der Waals surface area contributed by atoms with Crippen molar-refractivity contribution in [2.45, 2.75) is 77.6 Å². The Labute approximate surface area is 141 Å². The maximum atomic E-state index is 4.42. The Morgan fingerprint density at radius 1 is 0.783 bits per heavy atom. The van der Waals surface area contributed by atoms with E-state index in [1.54, 1.807) is 6.33 Å². The number of nitrogens with zero attached hydrogens (tertiary/aromatic N) is 3. The normalized spacial score (nSPS) is 11.0. The van der Waals surface area contributed by atoms with E-state index in [0.717, 1.165) is 17.9 Å². The second-order valence-electron chi connectivity index (χ2n) is 6.36. The SMILES string of the molecule is CCCCCCCCCCCCc1ncnn1-c1ccccc1. The zero-order valence-corrected chi connectivity index (χ0v) is 14.6. The number of aryl methyl sites for hydroxylation is 1. The van der Waals surface area contributed by atoms with Crippen LogP contribution >= 0.6 is 0 Å². The molecule has 2 rings (SSSR count). The van der Waals surface area contributed by atoms with Gasteiger partial charge in [0.15, 0.2) is 0 Å². The molecule has 0 saturated carbocycles. The van der Waals surface area contributed by atoms with Gasteiger partial charge in [0.05, 0.1) is 5.69 Å². The zero-order valence-electron chi connectivity index (χ0n) is 14.6. The molecule has 0 atom stereocenters. The highest BCUT2D eigenvalue weighted by atomic mass is 15.3. The van der Waals surface area contributed by atoms with Crippen molar-refractivity contribution in [1.82, 2.24) is 14.8 Å². The van der Waals surface area contributed by atoms with Gasteiger partial charge in [-0.25, -0.2) is 9.67 Å². The van der Waals surface area contributed by atoms with E-state index in [1.807, 2.05) is 22.9 Å². The van der Waals surface area contributed by atoms with E-state index in [0.29, 0.717) is 0 Å². The quantitative estimate of drug-likeness (QED) is 0.468. The first kappa shape index (κ1) is 17.7. The molecule has 1 aromatic heterocycles. The molecule has 126 valence electrons. The van der Waals surface area contributed by atoms with Gasteiger partial charge in [-0.2, -0.15) is 5.10 Å². The summed E-state index contributed by atoms with van der Waals surface area (Å²) < 4.78 is 1.97. The molecule has 0 fully saturated rings. The molecule has 3 heteroatoms. The molecule has 0 aliphatic heterocycles. The predicted molar refractivity (Wildman–Crippen MR) is 96.9 cm³/mol. The third kappa shape index (κ3) is 6.55. The van der Waals surface area contributed by atoms with Crippen LogP contribution in [0.1, 0.15) is 77.0 Å². The lowest BCUT2D eigenvalue weighted by molar-refractivity contribution is 0.552. The Hall–Kier alpha value is -1.64. The van der Waals surface area contributed by atoms with E-state index in [9.17, 15) is 0 Å². The molecule has 0 aliphatic rings. The molecule has 0 bridgehead atoms. The summed E-state index contributed by atoms with van der Waals surface area (Å²) in [5.74, 6) is 1.08. The fraction of sp³-hybridized carbons (Fsp3) is 0.600. The van der Waals surface area contributed by atoms with E-state index in [4.69, 9.17) is 0 Å². The lowest BCUT2D eigenvalue weighted by Gasteiger charge is -2.06. The zero-order chi connectivity index (χ0) is 16.2. The number of para-hydroxylation sites is 1. The largest absolute Gasteiger partial charge is 0.220 e. The van der Waals surface area contributed by atoms with Gasteiger partial charge in [0.2, 0.25) is 0 Å². The van der Waals surface area contributed by atoms with Crippen molar-refractivity contribution < 1.29 is 0 Å². The van der Waals surface area contributed by atoms with Gasteiger partial charge in [-0.15, -0.1) is 0 Å². The van der Waals surface area contributed by atoms with Crippen LogP contribution in [0.5, 0.6) is 0 Å². The second-order valence-corrected chi connectivity index (χ2v) is 6.36. The van der Waals surface area contributed by atoms with Crippen molar-refractivity contribution in [3.05, 3.63) is 42.5 Å². The number of benzene rings is 1. The number of unbranched alkanes of at least 4 members (excludes halogenated alkanes) is 9. The molecule has 0 saturated heterocycles. The molecule has 0 unspecified atom stereocenters. The van der Waals surface area contributed by atoms with E-state index >= 15 is 0 Å². The molecule has 23 heavy (non-hydrogen) atoms. The summed E-state index contributed by atoms with van der Waals surface area (Å²) in [6, 6.07) is 10.3. The lowest BCUT2D eigenvalue weighted by Crippen LogP contribution is -2.03. The maximum absolute atomic E-state index is 4.42. The van der Waals surface area contributed by atoms with E-state index in [2.05, 4.69) is 29.1 Å². The topological polar surface area (TPSA) is 30.7 Å². The van der Waals surface area contributed by atoms with Crippen molar-refractivity contribution in [2.24, 2.45) is 0 Å². The highest BCUT2D eigenvalue weighted by Crippen LogP contribution is 2.13. The maximum Gasteiger partial charge on any atom is 0.138 e. The number of aromatic nitrogens is 3. The molecule has 1 heterocycles. The van der Waals surface area contributed by atoms with Crippen molar-refractivity contribution in [1.29, 1.82) is 0 Å². The third-order valence-corrected chi connectivity index (χ3v) is 4.37. The molecule has 1 aromatic carbocycles. The fourth-order valence-corrected chi connectivity index (χ4v) is 2.99. The van der Waals surface area contributed by atoms with Gasteiger partial charge in [-0.05, 0) is 18.6 Å². The summed E-state index contributed by atoms with van der Waals surface area (Å²) >= 11 is 0. The van der Waals surface area contributed by atoms with Gasteiger partial charge in [-0.3, -0.25) is 0 Å². The van der Waals surface area contributed by atoms with Gasteiger partial charge in [-0.1, -0.05) is 82.9 Å². The van der Waals surface area contributed by atoms with E-state index in [-0.39, 0.29) is 0 Å². The lowest BCUT2D eigenvalue weighted by atomic mass is 10.1. The van der Waals surface area contributed by atoms with Gasteiger partial charge in [0.1, 0.15) is 12.2 Å². The van der Waals surface area contributed by atoms with Crippen LogP contribution in [0.2, 0.25) is 0 Å². The van der Waals surface area contributed by atoms with Crippen LogP contribution in [0, 0.1) is 0 Å². The first-order valence-electron chi connectivity index (χ1n) is 9.36. The summed E-state index contributed by atoms with van der Waals surface area (Å²) in [5, 5.41) is 4.36. The summed E-state index contributed by atoms with van der Waals surface area (Å²) in [6.45, 7) is 2.28. The van der Waals surface area contributed by atoms with Crippen LogP contribution in [-0.2, 0) is 6.42 Å². The molecule has 0 aliphatic carbocycles. The highest BCUT2D eigenvalue weighted by molar-refractivity contribution is 5.30. The van der Waals surface area contributed by atoms with Gasteiger partial charge in [0, 0.05) is 6.42 Å². The monoisotopic (exact) mass is 313 g/mol. The molecular weight excluding hydrogens is 282 g/mol. The van der Waals surface area contributed by atoms with Crippen LogP contribution in [0.15, 0.2) is 36.7 Å². The van der Waals surface area contributed by atoms with Crippen LogP contribution in [0.25, 0.3) is 5.69 Å². The van der Waals surface area contributed by atoms with Crippen molar-refractivity contribution in [3.8, 4) is 5.69 Å². The van der Waals surface area contributed by atoms with Crippen molar-refractivity contribution in [3.63, 3.8) is 0 Å². The molecule has 2 aromatic rings. The van der Waals surface area contributed by atoms with Gasteiger partial charge < -0.3 is 0 Å². The summed E-state index contributed by atoms with van der Waals surface area (Å²) in [7, 11) is 0. The van der Waals surface area contributed by atoms with Crippen LogP contribution in [0.3, 0.4) is 0 Å². The van der Waals surface area contributed by atoms with Crippen molar-refractivity contribution >= 4 is 0 Å². The molecule has 0 radical (unpaired) electrons. The molecule has 3 nitrogen and oxygen atoms in total. The fourth-order valence-electron chi connectivity index (χ4n) is 2.99. The first-order valence-corrected chi connectivity index (χ1v) is 9.36. The Kier molecular flexibility index (Phi) is 8.46. The van der Waals surface area contributed by atoms with Crippen LogP contribution < -0.4 is 0 Å².